The number of carbonyl (C=O) groups is 1. The smallest absolute Gasteiger partial charge is 0.407 e. The van der Waals surface area contributed by atoms with Crippen molar-refractivity contribution in [2.45, 2.75) is 19.9 Å². The molecule has 0 radical (unpaired) electrons. The molecule has 1 amide bonds. The highest BCUT2D eigenvalue weighted by Crippen LogP contribution is 2.36. The molecule has 1 aliphatic rings. The van der Waals surface area contributed by atoms with Crippen LogP contribution in [0.5, 0.6) is 0 Å². The molecule has 16 heavy (non-hydrogen) atoms. The summed E-state index contributed by atoms with van der Waals surface area (Å²) in [5.41, 5.74) is 1.04. The number of benzene rings is 1. The molecule has 1 aliphatic heterocycles. The lowest BCUT2D eigenvalue weighted by molar-refractivity contribution is 0.0387. The van der Waals surface area contributed by atoms with Crippen molar-refractivity contribution in [3.63, 3.8) is 0 Å². The van der Waals surface area contributed by atoms with Crippen molar-refractivity contribution in [2.75, 3.05) is 6.61 Å². The van der Waals surface area contributed by atoms with E-state index in [0.717, 1.165) is 5.56 Å². The summed E-state index contributed by atoms with van der Waals surface area (Å²) >= 11 is 2.27. The third-order valence-electron chi connectivity index (χ3n) is 2.82. The van der Waals surface area contributed by atoms with Gasteiger partial charge in [-0.25, -0.2) is 4.79 Å². The van der Waals surface area contributed by atoms with Crippen molar-refractivity contribution in [3.05, 3.63) is 33.4 Å². The Labute approximate surface area is 109 Å². The summed E-state index contributed by atoms with van der Waals surface area (Å²) in [6.07, 6.45) is -0.331. The van der Waals surface area contributed by atoms with Crippen LogP contribution in [0.15, 0.2) is 24.3 Å². The molecule has 0 bridgehead atoms. The van der Waals surface area contributed by atoms with Gasteiger partial charge in [-0.15, -0.1) is 0 Å². The van der Waals surface area contributed by atoms with E-state index in [4.69, 9.17) is 4.74 Å². The largest absolute Gasteiger partial charge is 0.449 e. The lowest BCUT2D eigenvalue weighted by atomic mass is 9.80. The minimum atomic E-state index is -0.331. The molecule has 1 fully saturated rings. The highest BCUT2D eigenvalue weighted by molar-refractivity contribution is 14.1. The van der Waals surface area contributed by atoms with E-state index < -0.39 is 0 Å². The van der Waals surface area contributed by atoms with Crippen LogP contribution in [-0.2, 0) is 4.74 Å². The topological polar surface area (TPSA) is 38.3 Å². The zero-order valence-electron chi connectivity index (χ0n) is 9.29. The number of carbonyl (C=O) groups excluding carboxylic acids is 1. The summed E-state index contributed by atoms with van der Waals surface area (Å²) in [6, 6.07) is 8.23. The van der Waals surface area contributed by atoms with E-state index in [1.54, 1.807) is 0 Å². The predicted octanol–water partition coefficient (Wildman–Crippen LogP) is 3.10. The molecular formula is C12H14INO2. The van der Waals surface area contributed by atoms with Crippen LogP contribution in [0.25, 0.3) is 0 Å². The minimum Gasteiger partial charge on any atom is -0.449 e. The summed E-state index contributed by atoms with van der Waals surface area (Å²) in [5, 5.41) is 2.88. The minimum absolute atomic E-state index is 0.0192. The van der Waals surface area contributed by atoms with Crippen molar-refractivity contribution < 1.29 is 9.53 Å². The molecular weight excluding hydrogens is 317 g/mol. The van der Waals surface area contributed by atoms with Gasteiger partial charge in [-0.2, -0.15) is 0 Å². The molecule has 3 nitrogen and oxygen atoms in total. The first-order valence-electron chi connectivity index (χ1n) is 5.18. The number of cyclic esters (lactones) is 1. The van der Waals surface area contributed by atoms with Gasteiger partial charge in [-0.3, -0.25) is 0 Å². The average molecular weight is 331 g/mol. The third-order valence-corrected chi connectivity index (χ3v) is 3.54. The molecule has 1 N–H and O–H groups in total. The summed E-state index contributed by atoms with van der Waals surface area (Å²) in [4.78, 5) is 11.3. The predicted molar refractivity (Wildman–Crippen MR) is 70.2 cm³/mol. The standard InChI is InChI=1S/C12H14INO2/c1-12(2)7-16-11(15)14-10(12)8-3-5-9(13)6-4-8/h3-6,10H,7H2,1-2H3,(H,14,15)/t10-/m1/s1. The van der Waals surface area contributed by atoms with Crippen LogP contribution in [0, 0.1) is 8.99 Å². The van der Waals surface area contributed by atoms with Crippen molar-refractivity contribution in [2.24, 2.45) is 5.41 Å². The average Bonchev–Trinajstić information content (AvgIpc) is 2.23. The van der Waals surface area contributed by atoms with E-state index in [1.807, 2.05) is 12.1 Å². The number of hydrogen-bond donors (Lipinski definition) is 1. The molecule has 0 unspecified atom stereocenters. The lowest BCUT2D eigenvalue weighted by Crippen LogP contribution is -2.46. The van der Waals surface area contributed by atoms with Gasteiger partial charge >= 0.3 is 6.09 Å². The molecule has 0 aromatic heterocycles. The van der Waals surface area contributed by atoms with Crippen LogP contribution in [-0.4, -0.2) is 12.7 Å². The van der Waals surface area contributed by atoms with Gasteiger partial charge in [0.25, 0.3) is 0 Å². The third kappa shape index (κ3) is 2.31. The second-order valence-electron chi connectivity index (χ2n) is 4.69. The van der Waals surface area contributed by atoms with Gasteiger partial charge in [0.15, 0.2) is 0 Å². The molecule has 0 saturated carbocycles. The Bertz CT molecular complexity index is 400. The van der Waals surface area contributed by atoms with Crippen LogP contribution in [0.3, 0.4) is 0 Å². The van der Waals surface area contributed by atoms with Gasteiger partial charge in [0.05, 0.1) is 6.04 Å². The Morgan fingerprint density at radius 3 is 2.62 bits per heavy atom. The second kappa shape index (κ2) is 4.24. The molecule has 86 valence electrons. The monoisotopic (exact) mass is 331 g/mol. The lowest BCUT2D eigenvalue weighted by Gasteiger charge is -2.38. The first kappa shape index (κ1) is 11.7. The second-order valence-corrected chi connectivity index (χ2v) is 5.94. The molecule has 0 aliphatic carbocycles. The number of ether oxygens (including phenoxy) is 1. The highest BCUT2D eigenvalue weighted by Gasteiger charge is 2.37. The van der Waals surface area contributed by atoms with Gasteiger partial charge in [0.1, 0.15) is 6.61 Å². The molecule has 1 aromatic rings. The van der Waals surface area contributed by atoms with Gasteiger partial charge in [-0.05, 0) is 40.3 Å². The number of amides is 1. The number of halogens is 1. The fraction of sp³-hybridized carbons (Fsp3) is 0.417. The maximum absolute atomic E-state index is 11.3. The quantitative estimate of drug-likeness (QED) is 0.803. The normalized spacial score (nSPS) is 23.4. The summed E-state index contributed by atoms with van der Waals surface area (Å²) in [5.74, 6) is 0. The fourth-order valence-electron chi connectivity index (χ4n) is 1.88. The van der Waals surface area contributed by atoms with Gasteiger partial charge in [0, 0.05) is 8.99 Å². The van der Waals surface area contributed by atoms with Crippen LogP contribution in [0.1, 0.15) is 25.5 Å². The Morgan fingerprint density at radius 2 is 2.00 bits per heavy atom. The molecule has 1 heterocycles. The number of hydrogen-bond acceptors (Lipinski definition) is 2. The van der Waals surface area contributed by atoms with Gasteiger partial charge in [0.2, 0.25) is 0 Å². The zero-order chi connectivity index (χ0) is 11.8. The SMILES string of the molecule is CC1(C)COC(=O)N[C@@H]1c1ccc(I)cc1. The maximum Gasteiger partial charge on any atom is 0.407 e. The van der Waals surface area contributed by atoms with Crippen LogP contribution in [0.4, 0.5) is 4.79 Å². The molecule has 4 heteroatoms. The highest BCUT2D eigenvalue weighted by atomic mass is 127. The van der Waals surface area contributed by atoms with Crippen LogP contribution in [0.2, 0.25) is 0 Å². The van der Waals surface area contributed by atoms with E-state index in [2.05, 4.69) is 53.9 Å². The Morgan fingerprint density at radius 1 is 1.38 bits per heavy atom. The molecule has 1 atom stereocenters. The maximum atomic E-state index is 11.3. The van der Waals surface area contributed by atoms with E-state index in [-0.39, 0.29) is 17.6 Å². The van der Waals surface area contributed by atoms with Crippen LogP contribution < -0.4 is 5.32 Å². The summed E-state index contributed by atoms with van der Waals surface area (Å²) in [7, 11) is 0. The number of nitrogens with one attached hydrogen (secondary N) is 1. The first-order chi connectivity index (χ1) is 7.49. The van der Waals surface area contributed by atoms with Crippen molar-refractivity contribution >= 4 is 28.7 Å². The summed E-state index contributed by atoms with van der Waals surface area (Å²) < 4.78 is 6.21. The van der Waals surface area contributed by atoms with E-state index >= 15 is 0 Å². The van der Waals surface area contributed by atoms with Gasteiger partial charge < -0.3 is 10.1 Å². The van der Waals surface area contributed by atoms with E-state index in [9.17, 15) is 4.79 Å². The van der Waals surface area contributed by atoms with Crippen molar-refractivity contribution in [1.82, 2.24) is 5.32 Å². The van der Waals surface area contributed by atoms with E-state index in [1.165, 1.54) is 3.57 Å². The molecule has 2 rings (SSSR count). The molecule has 1 saturated heterocycles. The van der Waals surface area contributed by atoms with E-state index in [0.29, 0.717) is 6.61 Å². The summed E-state index contributed by atoms with van der Waals surface area (Å²) in [6.45, 7) is 4.64. The fourth-order valence-corrected chi connectivity index (χ4v) is 2.24. The first-order valence-corrected chi connectivity index (χ1v) is 6.26. The van der Waals surface area contributed by atoms with Crippen LogP contribution >= 0.6 is 22.6 Å². The Kier molecular flexibility index (Phi) is 3.10. The van der Waals surface area contributed by atoms with Crippen molar-refractivity contribution in [1.29, 1.82) is 0 Å². The van der Waals surface area contributed by atoms with Crippen molar-refractivity contribution in [3.8, 4) is 0 Å². The number of rotatable bonds is 1. The number of alkyl carbamates (subject to hydrolysis) is 1. The zero-order valence-corrected chi connectivity index (χ0v) is 11.4. The Balaban J connectivity index is 2.30. The molecule has 0 spiro atoms. The molecule has 1 aromatic carbocycles. The Hall–Kier alpha value is -0.780. The van der Waals surface area contributed by atoms with Gasteiger partial charge in [-0.1, -0.05) is 26.0 Å².